The average molecular weight is 706 g/mol. The molecule has 1 amide bonds. The lowest BCUT2D eigenvalue weighted by atomic mass is 9.97. The highest BCUT2D eigenvalue weighted by Gasteiger charge is 2.26. The Morgan fingerprint density at radius 1 is 0.880 bits per heavy atom. The van der Waals surface area contributed by atoms with Crippen LogP contribution in [0.5, 0.6) is 5.75 Å². The molecule has 5 aromatic rings. The van der Waals surface area contributed by atoms with Crippen molar-refractivity contribution in [2.45, 2.75) is 32.6 Å². The molecule has 262 valence electrons. The average Bonchev–Trinajstić information content (AvgIpc) is 3.72. The van der Waals surface area contributed by atoms with Crippen molar-refractivity contribution in [1.82, 2.24) is 15.3 Å². The molecular formula is C34H35N5O10S. The van der Waals surface area contributed by atoms with E-state index in [1.54, 1.807) is 63.9 Å². The number of carbonyl (C=O) groups is 3. The van der Waals surface area contributed by atoms with Gasteiger partial charge >= 0.3 is 11.9 Å². The number of carbonyl (C=O) groups excluding carboxylic acids is 2. The minimum atomic E-state index is -1.14. The van der Waals surface area contributed by atoms with Crippen LogP contribution in [0.4, 0.5) is 11.4 Å². The fourth-order valence-electron chi connectivity index (χ4n) is 4.65. The Morgan fingerprint density at radius 3 is 1.92 bits per heavy atom. The summed E-state index contributed by atoms with van der Waals surface area (Å²) in [6.07, 6.45) is 0. The fraction of sp³-hybridized carbons (Fsp3) is 0.265. The number of nitro benzene ring substituents is 2. The summed E-state index contributed by atoms with van der Waals surface area (Å²) < 4.78 is 10.6. The van der Waals surface area contributed by atoms with E-state index in [0.29, 0.717) is 22.3 Å². The lowest BCUT2D eigenvalue weighted by molar-refractivity contribution is -0.383. The molecule has 0 saturated heterocycles. The molecule has 16 heteroatoms. The molecule has 0 aliphatic heterocycles. The molecular weight excluding hydrogens is 670 g/mol. The number of H-pyrrole nitrogens is 2. The van der Waals surface area contributed by atoms with Gasteiger partial charge in [0.1, 0.15) is 34.8 Å². The Balaban J connectivity index is 0.000000310. The first-order chi connectivity index (χ1) is 23.7. The van der Waals surface area contributed by atoms with Crippen LogP contribution >= 0.6 is 11.8 Å². The van der Waals surface area contributed by atoms with Crippen LogP contribution in [0, 0.1) is 25.6 Å². The standard InChI is InChI=1S/C25H29N3O6S.C9H6N2O4/c1-25(2,3)24(30)34-13-18(15-35-14-16-8-10-19(33-4)11-9-16)26-23(29)20-12-17-6-5-7-21(28(31)32)22(17)27-20;12-9(13)6-4-5-2-1-3-7(11(14)15)8(5)10-6/h5-12,18,27H,13-15H2,1-4H3,(H,26,29);1-4,10H,(H,12,13)/t18-;/m1./s1. The van der Waals surface area contributed by atoms with Crippen molar-refractivity contribution in [3.05, 3.63) is 110 Å². The number of nitrogens with zero attached hydrogens (tertiary/aromatic N) is 2. The number of hydrogen-bond donors (Lipinski definition) is 4. The zero-order valence-corrected chi connectivity index (χ0v) is 28.4. The molecule has 0 saturated carbocycles. The van der Waals surface area contributed by atoms with E-state index in [1.807, 2.05) is 24.3 Å². The molecule has 15 nitrogen and oxygen atoms in total. The molecule has 0 radical (unpaired) electrons. The first kappa shape index (κ1) is 36.9. The first-order valence-electron chi connectivity index (χ1n) is 15.1. The van der Waals surface area contributed by atoms with Crippen LogP contribution in [0.3, 0.4) is 0 Å². The number of carboxylic acid groups (broad SMARTS) is 1. The molecule has 0 bridgehead atoms. The van der Waals surface area contributed by atoms with E-state index >= 15 is 0 Å². The van der Waals surface area contributed by atoms with Gasteiger partial charge in [-0.1, -0.05) is 36.4 Å². The molecule has 0 aliphatic rings. The van der Waals surface area contributed by atoms with E-state index in [-0.39, 0.29) is 46.4 Å². The Bertz CT molecular complexity index is 2030. The van der Waals surface area contributed by atoms with E-state index in [1.165, 1.54) is 24.3 Å². The second-order valence-electron chi connectivity index (χ2n) is 12.1. The van der Waals surface area contributed by atoms with Crippen LogP contribution in [-0.4, -0.2) is 68.3 Å². The molecule has 5 rings (SSSR count). The number of esters is 1. The smallest absolute Gasteiger partial charge is 0.352 e. The van der Waals surface area contributed by atoms with Gasteiger partial charge < -0.3 is 29.9 Å². The largest absolute Gasteiger partial charge is 0.497 e. The molecule has 3 aromatic carbocycles. The zero-order chi connectivity index (χ0) is 36.6. The summed E-state index contributed by atoms with van der Waals surface area (Å²) in [7, 11) is 1.61. The van der Waals surface area contributed by atoms with Crippen molar-refractivity contribution in [2.75, 3.05) is 19.5 Å². The van der Waals surface area contributed by atoms with Crippen molar-refractivity contribution in [3.8, 4) is 5.75 Å². The maximum absolute atomic E-state index is 13.0. The molecule has 0 spiro atoms. The van der Waals surface area contributed by atoms with E-state index in [4.69, 9.17) is 14.6 Å². The first-order valence-corrected chi connectivity index (χ1v) is 16.3. The van der Waals surface area contributed by atoms with Gasteiger partial charge in [0, 0.05) is 34.4 Å². The van der Waals surface area contributed by atoms with Gasteiger partial charge in [0.05, 0.1) is 28.4 Å². The third-order valence-corrected chi connectivity index (χ3v) is 8.42. The third kappa shape index (κ3) is 9.37. The normalized spacial score (nSPS) is 11.7. The number of benzene rings is 3. The van der Waals surface area contributed by atoms with Gasteiger partial charge in [-0.2, -0.15) is 11.8 Å². The Morgan fingerprint density at radius 2 is 1.42 bits per heavy atom. The predicted octanol–water partition coefficient (Wildman–Crippen LogP) is 6.48. The fourth-order valence-corrected chi connectivity index (χ4v) is 5.66. The summed E-state index contributed by atoms with van der Waals surface area (Å²) >= 11 is 1.59. The molecule has 1 atom stereocenters. The summed E-state index contributed by atoms with van der Waals surface area (Å²) in [5.74, 6) is 0.0325. The van der Waals surface area contributed by atoms with E-state index in [0.717, 1.165) is 11.3 Å². The minimum Gasteiger partial charge on any atom is -0.497 e. The molecule has 4 N–H and O–H groups in total. The highest BCUT2D eigenvalue weighted by atomic mass is 32.2. The number of hydrogen-bond acceptors (Lipinski definition) is 10. The van der Waals surface area contributed by atoms with Gasteiger partial charge in [-0.3, -0.25) is 29.8 Å². The van der Waals surface area contributed by atoms with Crippen LogP contribution in [0.25, 0.3) is 21.8 Å². The van der Waals surface area contributed by atoms with Gasteiger partial charge in [-0.05, 0) is 50.6 Å². The molecule has 0 fully saturated rings. The van der Waals surface area contributed by atoms with Gasteiger partial charge in [0.15, 0.2) is 0 Å². The van der Waals surface area contributed by atoms with Gasteiger partial charge in [0.2, 0.25) is 0 Å². The number of thioether (sulfide) groups is 1. The van der Waals surface area contributed by atoms with E-state index < -0.39 is 33.2 Å². The maximum atomic E-state index is 13.0. The Kier molecular flexibility index (Phi) is 11.8. The summed E-state index contributed by atoms with van der Waals surface area (Å²) in [5.41, 5.74) is 0.858. The second-order valence-corrected chi connectivity index (χ2v) is 13.1. The summed E-state index contributed by atoms with van der Waals surface area (Å²) in [4.78, 5) is 62.1. The quantitative estimate of drug-likeness (QED) is 0.0625. The van der Waals surface area contributed by atoms with E-state index in [2.05, 4.69) is 15.3 Å². The Hall–Kier alpha value is -5.90. The zero-order valence-electron chi connectivity index (χ0n) is 27.6. The SMILES string of the molecule is COc1ccc(CSC[C@@H](COC(=O)C(C)(C)C)NC(=O)c2cc3cccc([N+](=O)[O-])c3[nH]2)cc1.O=C(O)c1cc2cccc([N+](=O)[O-])c2[nH]1. The van der Waals surface area contributed by atoms with Gasteiger partial charge in [-0.25, -0.2) is 4.79 Å². The topological polar surface area (TPSA) is 220 Å². The van der Waals surface area contributed by atoms with Gasteiger partial charge in [0.25, 0.3) is 17.3 Å². The lowest BCUT2D eigenvalue weighted by Crippen LogP contribution is -2.41. The number of non-ortho nitro benzene ring substituents is 2. The number of methoxy groups -OCH3 is 1. The monoisotopic (exact) mass is 705 g/mol. The number of para-hydroxylation sites is 2. The number of nitrogens with one attached hydrogen (secondary N) is 3. The Labute approximate surface area is 289 Å². The van der Waals surface area contributed by atoms with Crippen LogP contribution in [0.1, 0.15) is 47.3 Å². The maximum Gasteiger partial charge on any atom is 0.352 e. The summed E-state index contributed by atoms with van der Waals surface area (Å²) in [5, 5.41) is 34.6. The van der Waals surface area contributed by atoms with Crippen molar-refractivity contribution >= 4 is 62.8 Å². The summed E-state index contributed by atoms with van der Waals surface area (Å²) in [6, 6.07) is 19.3. The number of aromatic amines is 2. The molecule has 2 heterocycles. The highest BCUT2D eigenvalue weighted by Crippen LogP contribution is 2.27. The molecule has 2 aromatic heterocycles. The highest BCUT2D eigenvalue weighted by molar-refractivity contribution is 7.98. The van der Waals surface area contributed by atoms with Crippen molar-refractivity contribution in [3.63, 3.8) is 0 Å². The summed E-state index contributed by atoms with van der Waals surface area (Å²) in [6.45, 7) is 5.30. The van der Waals surface area contributed by atoms with Gasteiger partial charge in [-0.15, -0.1) is 0 Å². The van der Waals surface area contributed by atoms with Crippen LogP contribution < -0.4 is 10.1 Å². The molecule has 50 heavy (non-hydrogen) atoms. The molecule has 0 unspecified atom stereocenters. The van der Waals surface area contributed by atoms with Crippen LogP contribution in [0.15, 0.2) is 72.8 Å². The second kappa shape index (κ2) is 16.0. The van der Waals surface area contributed by atoms with Crippen molar-refractivity contribution in [2.24, 2.45) is 5.41 Å². The van der Waals surface area contributed by atoms with Crippen LogP contribution in [-0.2, 0) is 15.3 Å². The number of rotatable bonds is 12. The predicted molar refractivity (Wildman–Crippen MR) is 188 cm³/mol. The third-order valence-electron chi connectivity index (χ3n) is 7.25. The van der Waals surface area contributed by atoms with Crippen molar-refractivity contribution < 1.29 is 38.8 Å². The number of fused-ring (bicyclic) bond motifs is 2. The number of aromatic nitrogens is 2. The molecule has 0 aliphatic carbocycles. The van der Waals surface area contributed by atoms with E-state index in [9.17, 15) is 34.6 Å². The number of aromatic carboxylic acids is 1. The number of nitro groups is 2. The number of amides is 1. The van der Waals surface area contributed by atoms with Crippen LogP contribution in [0.2, 0.25) is 0 Å². The van der Waals surface area contributed by atoms with Crippen molar-refractivity contribution in [1.29, 1.82) is 0 Å². The number of carboxylic acids is 1. The number of ether oxygens (including phenoxy) is 2. The minimum absolute atomic E-state index is 0.0117. The lowest BCUT2D eigenvalue weighted by Gasteiger charge is -2.22.